The van der Waals surface area contributed by atoms with Crippen LogP contribution in [0.4, 0.5) is 11.4 Å². The molecule has 0 aliphatic heterocycles. The predicted molar refractivity (Wildman–Crippen MR) is 218 cm³/mol. The van der Waals surface area contributed by atoms with E-state index >= 15 is 0 Å². The van der Waals surface area contributed by atoms with Crippen LogP contribution in [-0.4, -0.2) is 6.04 Å². The average Bonchev–Trinajstić information content (AvgIpc) is 3.58. The molecule has 0 fully saturated rings. The summed E-state index contributed by atoms with van der Waals surface area (Å²) in [5.41, 5.74) is 7.45. The molecular formula is C48H33NS. The zero-order chi connectivity index (χ0) is 33.0. The van der Waals surface area contributed by atoms with E-state index in [1.807, 2.05) is 11.3 Å². The summed E-state index contributed by atoms with van der Waals surface area (Å²) >= 11 is 1.88. The van der Waals surface area contributed by atoms with Gasteiger partial charge in [-0.05, 0) is 97.4 Å². The van der Waals surface area contributed by atoms with Crippen molar-refractivity contribution in [1.82, 2.24) is 0 Å². The van der Waals surface area contributed by atoms with Crippen molar-refractivity contribution in [3.05, 3.63) is 188 Å². The first-order valence-electron chi connectivity index (χ1n) is 17.4. The van der Waals surface area contributed by atoms with Gasteiger partial charge in [-0.1, -0.05) is 146 Å². The lowest BCUT2D eigenvalue weighted by Gasteiger charge is -2.34. The summed E-state index contributed by atoms with van der Waals surface area (Å²) in [4.78, 5) is 2.55. The zero-order valence-corrected chi connectivity index (χ0v) is 28.3. The highest BCUT2D eigenvalue weighted by atomic mass is 32.1. The molecule has 1 aliphatic carbocycles. The lowest BCUT2D eigenvalue weighted by molar-refractivity contribution is 0.790. The van der Waals surface area contributed by atoms with Crippen molar-refractivity contribution < 1.29 is 0 Å². The number of nitrogens with zero attached hydrogens (tertiary/aromatic N) is 1. The summed E-state index contributed by atoms with van der Waals surface area (Å²) in [6.07, 6.45) is 8.08. The fraction of sp³-hybridized carbons (Fsp3) is 0.0417. The standard InChI is InChI=1S/C48H33NS/c1-2-9-32(10-3-1)33-17-24-38(25-18-33)49(45-14-8-16-47-48(45)44-13-6-7-15-46(44)50-47)39-26-19-34(20-27-39)36-22-28-41-37(31-36)23-30-42-40-12-5-4-11-35(40)21-29-43(41)42/h1-26,28-31,39H,27H2. The van der Waals surface area contributed by atoms with Gasteiger partial charge in [0, 0.05) is 25.9 Å². The van der Waals surface area contributed by atoms with E-state index in [4.69, 9.17) is 0 Å². The van der Waals surface area contributed by atoms with Crippen LogP contribution in [0.25, 0.3) is 69.2 Å². The molecule has 0 saturated heterocycles. The Morgan fingerprint density at radius 2 is 1.14 bits per heavy atom. The molecule has 1 atom stereocenters. The second kappa shape index (κ2) is 11.9. The highest BCUT2D eigenvalue weighted by molar-refractivity contribution is 7.26. The molecule has 1 nitrogen and oxygen atoms in total. The quantitative estimate of drug-likeness (QED) is 0.167. The number of rotatable bonds is 5. The lowest BCUT2D eigenvalue weighted by Crippen LogP contribution is -2.30. The maximum Gasteiger partial charge on any atom is 0.0560 e. The first kappa shape index (κ1) is 29.0. The van der Waals surface area contributed by atoms with E-state index in [-0.39, 0.29) is 6.04 Å². The van der Waals surface area contributed by atoms with Crippen molar-refractivity contribution in [2.75, 3.05) is 4.90 Å². The average molecular weight is 656 g/mol. The van der Waals surface area contributed by atoms with Crippen LogP contribution in [0.3, 0.4) is 0 Å². The molecule has 1 aromatic heterocycles. The monoisotopic (exact) mass is 655 g/mol. The van der Waals surface area contributed by atoms with Crippen LogP contribution < -0.4 is 4.90 Å². The Bertz CT molecular complexity index is 2790. The minimum absolute atomic E-state index is 0.170. The maximum atomic E-state index is 2.55. The Morgan fingerprint density at radius 3 is 1.96 bits per heavy atom. The van der Waals surface area contributed by atoms with Gasteiger partial charge < -0.3 is 4.90 Å². The number of benzene rings is 8. The molecule has 8 aromatic carbocycles. The minimum atomic E-state index is 0.170. The number of fused-ring (bicyclic) bond motifs is 8. The topological polar surface area (TPSA) is 3.24 Å². The molecule has 1 unspecified atom stereocenters. The highest BCUT2D eigenvalue weighted by Gasteiger charge is 2.24. The van der Waals surface area contributed by atoms with Crippen molar-refractivity contribution in [2.24, 2.45) is 0 Å². The Morgan fingerprint density at radius 1 is 0.480 bits per heavy atom. The van der Waals surface area contributed by atoms with Gasteiger partial charge in [-0.25, -0.2) is 0 Å². The molecule has 10 rings (SSSR count). The second-order valence-electron chi connectivity index (χ2n) is 13.2. The van der Waals surface area contributed by atoms with Crippen molar-refractivity contribution in [3.8, 4) is 11.1 Å². The molecule has 0 saturated carbocycles. The molecule has 0 radical (unpaired) electrons. The number of allylic oxidation sites excluding steroid dienone is 2. The fourth-order valence-corrected chi connectivity index (χ4v) is 9.06. The zero-order valence-electron chi connectivity index (χ0n) is 27.5. The molecule has 1 heterocycles. The van der Waals surface area contributed by atoms with Gasteiger partial charge in [0.15, 0.2) is 0 Å². The van der Waals surface area contributed by atoms with Gasteiger partial charge in [-0.3, -0.25) is 0 Å². The Balaban J connectivity index is 1.03. The summed E-state index contributed by atoms with van der Waals surface area (Å²) in [6.45, 7) is 0. The lowest BCUT2D eigenvalue weighted by atomic mass is 9.92. The summed E-state index contributed by atoms with van der Waals surface area (Å²) in [7, 11) is 0. The Kier molecular flexibility index (Phi) is 6.89. The van der Waals surface area contributed by atoms with Crippen LogP contribution in [0.5, 0.6) is 0 Å². The van der Waals surface area contributed by atoms with Crippen molar-refractivity contribution >= 4 is 80.8 Å². The molecule has 236 valence electrons. The van der Waals surface area contributed by atoms with Crippen molar-refractivity contribution in [2.45, 2.75) is 12.5 Å². The third kappa shape index (κ3) is 4.83. The summed E-state index contributed by atoms with van der Waals surface area (Å²) in [5.74, 6) is 0. The molecule has 0 N–H and O–H groups in total. The van der Waals surface area contributed by atoms with Gasteiger partial charge in [0.25, 0.3) is 0 Å². The Hall–Kier alpha value is -5.96. The van der Waals surface area contributed by atoms with E-state index in [0.29, 0.717) is 0 Å². The van der Waals surface area contributed by atoms with Gasteiger partial charge in [-0.15, -0.1) is 11.3 Å². The van der Waals surface area contributed by atoms with E-state index < -0.39 is 0 Å². The van der Waals surface area contributed by atoms with Crippen molar-refractivity contribution in [1.29, 1.82) is 0 Å². The van der Waals surface area contributed by atoms with E-state index in [1.165, 1.54) is 86.1 Å². The number of hydrogen-bond acceptors (Lipinski definition) is 2. The van der Waals surface area contributed by atoms with E-state index in [2.05, 4.69) is 187 Å². The van der Waals surface area contributed by atoms with Crippen molar-refractivity contribution in [3.63, 3.8) is 0 Å². The van der Waals surface area contributed by atoms with E-state index in [0.717, 1.165) is 6.42 Å². The molecule has 1 aliphatic rings. The molecule has 2 heteroatoms. The molecule has 0 spiro atoms. The van der Waals surface area contributed by atoms with Crippen LogP contribution >= 0.6 is 11.3 Å². The van der Waals surface area contributed by atoms with Gasteiger partial charge in [-0.2, -0.15) is 0 Å². The van der Waals surface area contributed by atoms with E-state index in [1.54, 1.807) is 0 Å². The van der Waals surface area contributed by atoms with Crippen LogP contribution in [0.1, 0.15) is 12.0 Å². The SMILES string of the molecule is C1=CC(N(c2ccc(-c3ccccc3)cc2)c2cccc3sc4ccccc4c23)CC=C1c1ccc2c(ccc3c4ccccc4ccc23)c1. The first-order valence-corrected chi connectivity index (χ1v) is 18.2. The van der Waals surface area contributed by atoms with Crippen LogP contribution in [0, 0.1) is 0 Å². The molecular weight excluding hydrogens is 623 g/mol. The summed E-state index contributed by atoms with van der Waals surface area (Å²) in [6, 6.07) is 60.3. The molecule has 0 amide bonds. The predicted octanol–water partition coefficient (Wildman–Crippen LogP) is 13.7. The maximum absolute atomic E-state index is 2.55. The van der Waals surface area contributed by atoms with Gasteiger partial charge in [0.05, 0.1) is 11.7 Å². The number of hydrogen-bond donors (Lipinski definition) is 0. The van der Waals surface area contributed by atoms with Gasteiger partial charge in [0.2, 0.25) is 0 Å². The third-order valence-corrected chi connectivity index (χ3v) is 11.5. The van der Waals surface area contributed by atoms with Crippen LogP contribution in [0.2, 0.25) is 0 Å². The smallest absolute Gasteiger partial charge is 0.0560 e. The van der Waals surface area contributed by atoms with Gasteiger partial charge >= 0.3 is 0 Å². The molecule has 9 aromatic rings. The first-order chi connectivity index (χ1) is 24.8. The Labute approximate surface area is 295 Å². The third-order valence-electron chi connectivity index (χ3n) is 10.4. The largest absolute Gasteiger partial charge is 0.334 e. The normalized spacial score (nSPS) is 14.6. The summed E-state index contributed by atoms with van der Waals surface area (Å²) < 4.78 is 2.65. The van der Waals surface area contributed by atoms with E-state index in [9.17, 15) is 0 Å². The number of anilines is 2. The number of thiophene rings is 1. The van der Waals surface area contributed by atoms with Gasteiger partial charge in [0.1, 0.15) is 0 Å². The van der Waals surface area contributed by atoms with Crippen LogP contribution in [0.15, 0.2) is 182 Å². The molecule has 50 heavy (non-hydrogen) atoms. The van der Waals surface area contributed by atoms with Crippen LogP contribution in [-0.2, 0) is 0 Å². The highest BCUT2D eigenvalue weighted by Crippen LogP contribution is 2.44. The molecule has 0 bridgehead atoms. The second-order valence-corrected chi connectivity index (χ2v) is 14.3. The fourth-order valence-electron chi connectivity index (χ4n) is 7.93. The summed E-state index contributed by atoms with van der Waals surface area (Å²) in [5, 5.41) is 10.4. The minimum Gasteiger partial charge on any atom is -0.334 e.